The third kappa shape index (κ3) is 3.98. The Kier molecular flexibility index (Phi) is 5.62. The van der Waals surface area contributed by atoms with Gasteiger partial charge in [-0.25, -0.2) is 5.43 Å². The molecule has 1 heterocycles. The van der Waals surface area contributed by atoms with Gasteiger partial charge in [-0.2, -0.15) is 5.10 Å². The first-order valence-electron chi connectivity index (χ1n) is 12.2. The lowest BCUT2D eigenvalue weighted by molar-refractivity contribution is -0.136. The molecule has 6 heteroatoms. The molecular weight excluding hydrogens is 460 g/mol. The van der Waals surface area contributed by atoms with E-state index in [1.54, 1.807) is 6.21 Å². The van der Waals surface area contributed by atoms with E-state index in [-0.39, 0.29) is 0 Å². The fourth-order valence-corrected chi connectivity index (χ4v) is 5.05. The Hall–Kier alpha value is -4.97. The number of nitrogens with zero attached hydrogens (tertiary/aromatic N) is 2. The second-order valence-electron chi connectivity index (χ2n) is 8.88. The smallest absolute Gasteiger partial charge is 0.329 e. The topological polar surface area (TPSA) is 75.5 Å². The number of benzene rings is 5. The van der Waals surface area contributed by atoms with Crippen LogP contribution in [0.5, 0.6) is 0 Å². The molecule has 180 valence electrons. The Morgan fingerprint density at radius 2 is 1.35 bits per heavy atom. The molecule has 2 N–H and O–H groups in total. The first-order valence-corrected chi connectivity index (χ1v) is 12.2. The third-order valence-electron chi connectivity index (χ3n) is 6.73. The first-order chi connectivity index (χ1) is 18.1. The van der Waals surface area contributed by atoms with Crippen molar-refractivity contribution in [3.63, 3.8) is 0 Å². The van der Waals surface area contributed by atoms with E-state index in [0.29, 0.717) is 5.69 Å². The molecule has 1 aromatic heterocycles. The number of aryl methyl sites for hydroxylation is 1. The summed E-state index contributed by atoms with van der Waals surface area (Å²) in [6, 6.07) is 32.0. The van der Waals surface area contributed by atoms with E-state index in [1.807, 2.05) is 78.9 Å². The third-order valence-corrected chi connectivity index (χ3v) is 6.73. The van der Waals surface area contributed by atoms with Crippen molar-refractivity contribution >= 4 is 67.1 Å². The van der Waals surface area contributed by atoms with Crippen molar-refractivity contribution in [3.05, 3.63) is 103 Å². The summed E-state index contributed by atoms with van der Waals surface area (Å²) in [5.74, 6) is -1.62. The van der Waals surface area contributed by atoms with Gasteiger partial charge in [-0.05, 0) is 58.8 Å². The minimum absolute atomic E-state index is 0.552. The van der Waals surface area contributed by atoms with Crippen molar-refractivity contribution in [1.29, 1.82) is 0 Å². The zero-order chi connectivity index (χ0) is 25.4. The highest BCUT2D eigenvalue weighted by Gasteiger charge is 2.15. The van der Waals surface area contributed by atoms with Gasteiger partial charge in [0.1, 0.15) is 0 Å². The van der Waals surface area contributed by atoms with Gasteiger partial charge in [0.25, 0.3) is 0 Å². The summed E-state index contributed by atoms with van der Waals surface area (Å²) in [5, 5.41) is 13.1. The van der Waals surface area contributed by atoms with Crippen LogP contribution in [0.2, 0.25) is 0 Å². The van der Waals surface area contributed by atoms with Crippen LogP contribution in [0.25, 0.3) is 43.4 Å². The minimum Gasteiger partial charge on any atom is -0.341 e. The predicted molar refractivity (Wildman–Crippen MR) is 151 cm³/mol. The van der Waals surface area contributed by atoms with Crippen LogP contribution in [0.1, 0.15) is 12.5 Å². The quantitative estimate of drug-likeness (QED) is 0.135. The number of hydrazone groups is 1. The summed E-state index contributed by atoms with van der Waals surface area (Å²) in [7, 11) is 0. The molecule has 2 amide bonds. The van der Waals surface area contributed by atoms with Crippen molar-refractivity contribution in [3.8, 4) is 0 Å². The predicted octanol–water partition coefficient (Wildman–Crippen LogP) is 6.21. The van der Waals surface area contributed by atoms with E-state index in [9.17, 15) is 9.59 Å². The molecule has 0 unspecified atom stereocenters. The summed E-state index contributed by atoms with van der Waals surface area (Å²) in [6.07, 6.45) is 1.60. The molecule has 0 fully saturated rings. The maximum atomic E-state index is 12.6. The summed E-state index contributed by atoms with van der Waals surface area (Å²) in [6.45, 7) is 2.94. The molecule has 6 nitrogen and oxygen atoms in total. The molecule has 5 aromatic carbocycles. The number of fused-ring (bicyclic) bond motifs is 5. The number of para-hydroxylation sites is 1. The number of amides is 2. The highest BCUT2D eigenvalue weighted by Crippen LogP contribution is 2.31. The van der Waals surface area contributed by atoms with Crippen LogP contribution in [-0.4, -0.2) is 22.6 Å². The molecule has 0 atom stereocenters. The molecule has 0 aliphatic carbocycles. The van der Waals surface area contributed by atoms with E-state index >= 15 is 0 Å². The lowest BCUT2D eigenvalue weighted by Crippen LogP contribution is -2.32. The van der Waals surface area contributed by atoms with Crippen molar-refractivity contribution < 1.29 is 9.59 Å². The molecule has 0 bridgehead atoms. The molecule has 0 radical (unpaired) electrons. The SMILES string of the molecule is CCn1c2ccccc2c2cc(NC(=O)C(=O)N/N=C\c3c4ccccc4cc4ccccc34)ccc21. The highest BCUT2D eigenvalue weighted by atomic mass is 16.2. The Labute approximate surface area is 213 Å². The molecule has 0 saturated heterocycles. The van der Waals surface area contributed by atoms with Crippen LogP contribution >= 0.6 is 0 Å². The molecule has 6 aromatic rings. The first kappa shape index (κ1) is 22.5. The van der Waals surface area contributed by atoms with Crippen LogP contribution in [0.4, 0.5) is 5.69 Å². The van der Waals surface area contributed by atoms with Crippen molar-refractivity contribution in [2.45, 2.75) is 13.5 Å². The van der Waals surface area contributed by atoms with Gasteiger partial charge in [-0.15, -0.1) is 0 Å². The van der Waals surface area contributed by atoms with Gasteiger partial charge in [0, 0.05) is 39.6 Å². The van der Waals surface area contributed by atoms with Gasteiger partial charge in [0.2, 0.25) is 0 Å². The summed E-state index contributed by atoms with van der Waals surface area (Å²) in [4.78, 5) is 25.2. The monoisotopic (exact) mass is 484 g/mol. The van der Waals surface area contributed by atoms with Crippen molar-refractivity contribution in [1.82, 2.24) is 9.99 Å². The fourth-order valence-electron chi connectivity index (χ4n) is 5.05. The van der Waals surface area contributed by atoms with Crippen LogP contribution in [0.3, 0.4) is 0 Å². The van der Waals surface area contributed by atoms with Gasteiger partial charge >= 0.3 is 11.8 Å². The molecule has 37 heavy (non-hydrogen) atoms. The second-order valence-corrected chi connectivity index (χ2v) is 8.88. The van der Waals surface area contributed by atoms with Crippen LogP contribution in [0.15, 0.2) is 102 Å². The summed E-state index contributed by atoms with van der Waals surface area (Å²) >= 11 is 0. The zero-order valence-corrected chi connectivity index (χ0v) is 20.2. The fraction of sp³-hybridized carbons (Fsp3) is 0.0645. The second kappa shape index (κ2) is 9.24. The molecule has 0 saturated carbocycles. The number of anilines is 1. The standard InChI is InChI=1S/C31H24N4O2/c1-2-35-28-14-8-7-13-25(28)26-18-22(15-16-29(26)35)33-30(36)31(37)34-32-19-27-23-11-5-3-9-20(23)17-21-10-4-6-12-24(21)27/h3-19H,2H2,1H3,(H,33,36)(H,34,37)/b32-19-. The normalized spacial score (nSPS) is 11.6. The minimum atomic E-state index is -0.836. The number of hydrogen-bond acceptors (Lipinski definition) is 3. The Morgan fingerprint density at radius 1 is 0.730 bits per heavy atom. The van der Waals surface area contributed by atoms with Gasteiger partial charge in [-0.3, -0.25) is 9.59 Å². The Balaban J connectivity index is 1.24. The molecule has 6 rings (SSSR count). The molecule has 0 spiro atoms. The zero-order valence-electron chi connectivity index (χ0n) is 20.2. The maximum absolute atomic E-state index is 12.6. The lowest BCUT2D eigenvalue weighted by Gasteiger charge is -2.08. The van der Waals surface area contributed by atoms with E-state index in [1.165, 1.54) is 0 Å². The average molecular weight is 485 g/mol. The number of carbonyl (C=O) groups is 2. The lowest BCUT2D eigenvalue weighted by atomic mass is 9.97. The van der Waals surface area contributed by atoms with E-state index in [0.717, 1.165) is 55.5 Å². The summed E-state index contributed by atoms with van der Waals surface area (Å²) in [5.41, 5.74) is 6.03. The van der Waals surface area contributed by atoms with E-state index in [2.05, 4.69) is 45.5 Å². The molecule has 0 aliphatic heterocycles. The van der Waals surface area contributed by atoms with Crippen LogP contribution in [0, 0.1) is 0 Å². The van der Waals surface area contributed by atoms with E-state index < -0.39 is 11.8 Å². The molecule has 0 aliphatic rings. The number of rotatable bonds is 4. The van der Waals surface area contributed by atoms with Gasteiger partial charge in [0.15, 0.2) is 0 Å². The Morgan fingerprint density at radius 3 is 2.05 bits per heavy atom. The largest absolute Gasteiger partial charge is 0.341 e. The maximum Gasteiger partial charge on any atom is 0.329 e. The summed E-state index contributed by atoms with van der Waals surface area (Å²) < 4.78 is 2.23. The average Bonchev–Trinajstić information content (AvgIpc) is 3.25. The van der Waals surface area contributed by atoms with Gasteiger partial charge < -0.3 is 9.88 Å². The van der Waals surface area contributed by atoms with Crippen LogP contribution in [-0.2, 0) is 16.1 Å². The Bertz CT molecular complexity index is 1810. The number of aromatic nitrogens is 1. The van der Waals surface area contributed by atoms with Crippen LogP contribution < -0.4 is 10.7 Å². The van der Waals surface area contributed by atoms with Crippen molar-refractivity contribution in [2.75, 3.05) is 5.32 Å². The van der Waals surface area contributed by atoms with E-state index in [4.69, 9.17) is 0 Å². The highest BCUT2D eigenvalue weighted by molar-refractivity contribution is 6.39. The van der Waals surface area contributed by atoms with Crippen molar-refractivity contribution in [2.24, 2.45) is 5.10 Å². The van der Waals surface area contributed by atoms with Gasteiger partial charge in [0.05, 0.1) is 6.21 Å². The number of carbonyl (C=O) groups excluding carboxylic acids is 2. The number of hydrogen-bond donors (Lipinski definition) is 2. The van der Waals surface area contributed by atoms with Gasteiger partial charge in [-0.1, -0.05) is 66.7 Å². The molecular formula is C31H24N4O2. The number of nitrogens with one attached hydrogen (secondary N) is 2.